The average molecular weight is 390 g/mol. The van der Waals surface area contributed by atoms with Gasteiger partial charge in [-0.15, -0.1) is 12.4 Å². The quantitative estimate of drug-likeness (QED) is 0.801. The fourth-order valence-corrected chi connectivity index (χ4v) is 3.19. The molecule has 1 aromatic carbocycles. The third kappa shape index (κ3) is 6.17. The Hall–Kier alpha value is -1.31. The summed E-state index contributed by atoms with van der Waals surface area (Å²) in [5, 5.41) is 0. The maximum absolute atomic E-state index is 13.6. The summed E-state index contributed by atoms with van der Waals surface area (Å²) in [6.45, 7) is 1.90. The highest BCUT2D eigenvalue weighted by Crippen LogP contribution is 2.11. The molecule has 2 amide bonds. The van der Waals surface area contributed by atoms with E-state index in [0.717, 1.165) is 5.75 Å². The molecule has 0 radical (unpaired) electrons. The van der Waals surface area contributed by atoms with Gasteiger partial charge in [-0.25, -0.2) is 4.39 Å². The van der Waals surface area contributed by atoms with Crippen molar-refractivity contribution < 1.29 is 14.0 Å². The van der Waals surface area contributed by atoms with Crippen molar-refractivity contribution in [3.8, 4) is 0 Å². The zero-order valence-electron chi connectivity index (χ0n) is 14.3. The van der Waals surface area contributed by atoms with Gasteiger partial charge in [-0.3, -0.25) is 9.59 Å². The van der Waals surface area contributed by atoms with Gasteiger partial charge < -0.3 is 15.5 Å². The van der Waals surface area contributed by atoms with Gasteiger partial charge in [0.1, 0.15) is 5.82 Å². The van der Waals surface area contributed by atoms with E-state index in [0.29, 0.717) is 38.2 Å². The Bertz CT molecular complexity index is 583. The highest BCUT2D eigenvalue weighted by Gasteiger charge is 2.27. The molecule has 1 aromatic rings. The van der Waals surface area contributed by atoms with Gasteiger partial charge in [0, 0.05) is 26.2 Å². The van der Waals surface area contributed by atoms with E-state index in [2.05, 4.69) is 0 Å². The van der Waals surface area contributed by atoms with Gasteiger partial charge in [0.25, 0.3) is 0 Å². The average Bonchev–Trinajstić information content (AvgIpc) is 2.61. The number of halogens is 2. The van der Waals surface area contributed by atoms with Crippen LogP contribution in [0.15, 0.2) is 24.3 Å². The Labute approximate surface area is 158 Å². The molecule has 5 nitrogen and oxygen atoms in total. The third-order valence-corrected chi connectivity index (χ3v) is 4.84. The van der Waals surface area contributed by atoms with Gasteiger partial charge in [0.2, 0.25) is 11.8 Å². The first-order valence-electron chi connectivity index (χ1n) is 8.07. The molecule has 2 N–H and O–H groups in total. The predicted molar refractivity (Wildman–Crippen MR) is 101 cm³/mol. The SMILES string of the molecule is CSCC[C@H](N)C(=O)N1CCN(C(=O)Cc2ccccc2F)CC1.Cl. The molecule has 0 bridgehead atoms. The normalized spacial score (nSPS) is 15.5. The van der Waals surface area contributed by atoms with Crippen molar-refractivity contribution in [2.75, 3.05) is 38.2 Å². The second kappa shape index (κ2) is 10.6. The monoisotopic (exact) mass is 389 g/mol. The molecular formula is C17H25ClFN3O2S. The molecule has 1 fully saturated rings. The van der Waals surface area contributed by atoms with Crippen molar-refractivity contribution in [2.45, 2.75) is 18.9 Å². The van der Waals surface area contributed by atoms with Crippen LogP contribution in [0.3, 0.4) is 0 Å². The van der Waals surface area contributed by atoms with Crippen LogP contribution in [0.1, 0.15) is 12.0 Å². The number of hydrogen-bond acceptors (Lipinski definition) is 4. The topological polar surface area (TPSA) is 66.6 Å². The Morgan fingerprint density at radius 3 is 2.40 bits per heavy atom. The molecule has 8 heteroatoms. The first-order valence-corrected chi connectivity index (χ1v) is 9.46. The van der Waals surface area contributed by atoms with Gasteiger partial charge in [-0.1, -0.05) is 18.2 Å². The molecular weight excluding hydrogens is 365 g/mol. The number of hydrogen-bond donors (Lipinski definition) is 1. The number of benzene rings is 1. The van der Waals surface area contributed by atoms with E-state index >= 15 is 0 Å². The number of piperazine rings is 1. The van der Waals surface area contributed by atoms with E-state index in [9.17, 15) is 14.0 Å². The predicted octanol–water partition coefficient (Wildman–Crippen LogP) is 1.54. The summed E-state index contributed by atoms with van der Waals surface area (Å²) in [6, 6.07) is 5.83. The number of amides is 2. The standard InChI is InChI=1S/C17H24FN3O2S.ClH/c1-24-11-6-15(19)17(23)21-9-7-20(8-10-21)16(22)12-13-4-2-3-5-14(13)18;/h2-5,15H,6-12,19H2,1H3;1H/t15-;/m0./s1. The molecule has 1 heterocycles. The van der Waals surface area contributed by atoms with Crippen molar-refractivity contribution in [3.63, 3.8) is 0 Å². The molecule has 1 aliphatic heterocycles. The maximum Gasteiger partial charge on any atom is 0.239 e. The van der Waals surface area contributed by atoms with E-state index in [1.54, 1.807) is 39.8 Å². The zero-order valence-corrected chi connectivity index (χ0v) is 16.0. The molecule has 1 saturated heterocycles. The summed E-state index contributed by atoms with van der Waals surface area (Å²) in [6.07, 6.45) is 2.69. The largest absolute Gasteiger partial charge is 0.339 e. The lowest BCUT2D eigenvalue weighted by Crippen LogP contribution is -2.54. The number of rotatable bonds is 6. The fraction of sp³-hybridized carbons (Fsp3) is 0.529. The van der Waals surface area contributed by atoms with E-state index in [1.165, 1.54) is 6.07 Å². The summed E-state index contributed by atoms with van der Waals surface area (Å²) < 4.78 is 13.6. The van der Waals surface area contributed by atoms with Crippen molar-refractivity contribution in [1.82, 2.24) is 9.80 Å². The zero-order chi connectivity index (χ0) is 17.5. The van der Waals surface area contributed by atoms with Crippen LogP contribution in [0.4, 0.5) is 4.39 Å². The Balaban J connectivity index is 0.00000312. The molecule has 1 aliphatic rings. The van der Waals surface area contributed by atoms with E-state index in [-0.39, 0.29) is 36.5 Å². The highest BCUT2D eigenvalue weighted by molar-refractivity contribution is 7.98. The van der Waals surface area contributed by atoms with Crippen molar-refractivity contribution in [2.24, 2.45) is 5.73 Å². The van der Waals surface area contributed by atoms with E-state index in [4.69, 9.17) is 5.73 Å². The number of carbonyl (C=O) groups excluding carboxylic acids is 2. The Kier molecular flexibility index (Phi) is 9.24. The molecule has 140 valence electrons. The van der Waals surface area contributed by atoms with Crippen molar-refractivity contribution in [1.29, 1.82) is 0 Å². The lowest BCUT2D eigenvalue weighted by atomic mass is 10.1. The van der Waals surface area contributed by atoms with Gasteiger partial charge >= 0.3 is 0 Å². The highest BCUT2D eigenvalue weighted by atomic mass is 35.5. The van der Waals surface area contributed by atoms with Gasteiger partial charge in [-0.2, -0.15) is 11.8 Å². The Morgan fingerprint density at radius 2 is 1.80 bits per heavy atom. The molecule has 0 aromatic heterocycles. The third-order valence-electron chi connectivity index (χ3n) is 4.19. The second-order valence-corrected chi connectivity index (χ2v) is 6.85. The minimum atomic E-state index is -0.474. The van der Waals surface area contributed by atoms with Crippen LogP contribution in [-0.2, 0) is 16.0 Å². The van der Waals surface area contributed by atoms with Crippen molar-refractivity contribution in [3.05, 3.63) is 35.6 Å². The number of nitrogens with two attached hydrogens (primary N) is 1. The number of carbonyl (C=O) groups is 2. The van der Waals surface area contributed by atoms with Gasteiger partial charge in [0.15, 0.2) is 0 Å². The van der Waals surface area contributed by atoms with Crippen LogP contribution >= 0.6 is 24.2 Å². The molecule has 2 rings (SSSR count). The lowest BCUT2D eigenvalue weighted by Gasteiger charge is -2.36. The molecule has 25 heavy (non-hydrogen) atoms. The minimum absolute atomic E-state index is 0. The fourth-order valence-electron chi connectivity index (χ4n) is 2.70. The van der Waals surface area contributed by atoms with Crippen LogP contribution in [-0.4, -0.2) is 65.8 Å². The molecule has 0 unspecified atom stereocenters. The summed E-state index contributed by atoms with van der Waals surface area (Å²) in [5.74, 6) is 0.331. The summed E-state index contributed by atoms with van der Waals surface area (Å²) in [5.41, 5.74) is 6.32. The molecule has 0 saturated carbocycles. The smallest absolute Gasteiger partial charge is 0.239 e. The first kappa shape index (κ1) is 21.7. The summed E-state index contributed by atoms with van der Waals surface area (Å²) in [7, 11) is 0. The lowest BCUT2D eigenvalue weighted by molar-refractivity contribution is -0.140. The minimum Gasteiger partial charge on any atom is -0.339 e. The number of thioether (sulfide) groups is 1. The van der Waals surface area contributed by atoms with Crippen LogP contribution < -0.4 is 5.73 Å². The molecule has 0 spiro atoms. The maximum atomic E-state index is 13.6. The van der Waals surface area contributed by atoms with E-state index in [1.807, 2.05) is 6.26 Å². The van der Waals surface area contributed by atoms with Gasteiger partial charge in [-0.05, 0) is 30.1 Å². The van der Waals surface area contributed by atoms with Crippen molar-refractivity contribution >= 4 is 36.0 Å². The molecule has 1 atom stereocenters. The van der Waals surface area contributed by atoms with Crippen LogP contribution in [0.25, 0.3) is 0 Å². The van der Waals surface area contributed by atoms with Crippen LogP contribution in [0.5, 0.6) is 0 Å². The van der Waals surface area contributed by atoms with Crippen LogP contribution in [0.2, 0.25) is 0 Å². The summed E-state index contributed by atoms with van der Waals surface area (Å²) >= 11 is 1.67. The van der Waals surface area contributed by atoms with Gasteiger partial charge in [0.05, 0.1) is 12.5 Å². The second-order valence-electron chi connectivity index (χ2n) is 5.86. The Morgan fingerprint density at radius 1 is 1.20 bits per heavy atom. The molecule has 0 aliphatic carbocycles. The first-order chi connectivity index (χ1) is 11.5. The van der Waals surface area contributed by atoms with E-state index < -0.39 is 6.04 Å². The summed E-state index contributed by atoms with van der Waals surface area (Å²) in [4.78, 5) is 28.0. The van der Waals surface area contributed by atoms with Crippen LogP contribution in [0, 0.1) is 5.82 Å². The number of nitrogens with zero attached hydrogens (tertiary/aromatic N) is 2.